The van der Waals surface area contributed by atoms with Crippen molar-refractivity contribution < 1.29 is 9.50 Å². The van der Waals surface area contributed by atoms with Crippen LogP contribution in [0.1, 0.15) is 17.4 Å². The van der Waals surface area contributed by atoms with Gasteiger partial charge in [0, 0.05) is 17.5 Å². The average molecular weight is 226 g/mol. The molecule has 1 aromatic heterocycles. The summed E-state index contributed by atoms with van der Waals surface area (Å²) in [5.74, 6) is -0.582. The first kappa shape index (κ1) is 10.2. The number of aliphatic hydroxyl groups is 1. The highest BCUT2D eigenvalue weighted by atomic mass is 35.5. The number of H-pyrrole nitrogens is 1. The van der Waals surface area contributed by atoms with Gasteiger partial charge in [0.05, 0.1) is 5.02 Å². The van der Waals surface area contributed by atoms with E-state index in [-0.39, 0.29) is 10.6 Å². The zero-order valence-corrected chi connectivity index (χ0v) is 8.50. The normalized spacial score (nSPS) is 12.7. The van der Waals surface area contributed by atoms with Crippen LogP contribution in [0.3, 0.4) is 0 Å². The van der Waals surface area contributed by atoms with Crippen LogP contribution in [0.5, 0.6) is 0 Å². The van der Waals surface area contributed by atoms with E-state index in [0.29, 0.717) is 5.69 Å². The second-order valence-electron chi connectivity index (χ2n) is 3.17. The van der Waals surface area contributed by atoms with E-state index in [9.17, 15) is 9.50 Å². The number of rotatable bonds is 2. The molecule has 0 radical (unpaired) electrons. The van der Waals surface area contributed by atoms with Gasteiger partial charge in [-0.25, -0.2) is 4.39 Å². The first-order valence-corrected chi connectivity index (χ1v) is 4.83. The lowest BCUT2D eigenvalue weighted by atomic mass is 10.1. The lowest BCUT2D eigenvalue weighted by molar-refractivity contribution is 0.211. The van der Waals surface area contributed by atoms with E-state index in [4.69, 9.17) is 11.6 Å². The lowest BCUT2D eigenvalue weighted by Gasteiger charge is -2.10. The molecule has 1 aromatic carbocycles. The summed E-state index contributed by atoms with van der Waals surface area (Å²) in [4.78, 5) is 2.82. The van der Waals surface area contributed by atoms with E-state index in [1.54, 1.807) is 24.4 Å². The van der Waals surface area contributed by atoms with E-state index >= 15 is 0 Å². The van der Waals surface area contributed by atoms with Crippen molar-refractivity contribution in [1.82, 2.24) is 4.98 Å². The molecule has 0 aliphatic heterocycles. The molecule has 0 spiro atoms. The lowest BCUT2D eigenvalue weighted by Crippen LogP contribution is -2.03. The van der Waals surface area contributed by atoms with Crippen LogP contribution < -0.4 is 0 Å². The van der Waals surface area contributed by atoms with Crippen molar-refractivity contribution in [2.45, 2.75) is 6.10 Å². The van der Waals surface area contributed by atoms with Crippen LogP contribution in [-0.4, -0.2) is 10.1 Å². The maximum Gasteiger partial charge on any atom is 0.147 e. The Morgan fingerprint density at radius 3 is 2.73 bits per heavy atom. The van der Waals surface area contributed by atoms with Gasteiger partial charge in [-0.15, -0.1) is 0 Å². The molecule has 0 fully saturated rings. The molecule has 1 unspecified atom stereocenters. The van der Waals surface area contributed by atoms with Crippen molar-refractivity contribution >= 4 is 11.6 Å². The zero-order chi connectivity index (χ0) is 10.8. The Labute approximate surface area is 91.3 Å². The van der Waals surface area contributed by atoms with E-state index in [0.717, 1.165) is 0 Å². The predicted molar refractivity (Wildman–Crippen MR) is 56.3 cm³/mol. The minimum absolute atomic E-state index is 0.0121. The summed E-state index contributed by atoms with van der Waals surface area (Å²) in [6.45, 7) is 0. The minimum Gasteiger partial charge on any atom is -0.382 e. The molecule has 4 heteroatoms. The third kappa shape index (κ3) is 1.89. The molecule has 2 rings (SSSR count). The summed E-state index contributed by atoms with van der Waals surface area (Å²) in [5.41, 5.74) is 0.709. The molecule has 1 atom stereocenters. The van der Waals surface area contributed by atoms with Gasteiger partial charge >= 0.3 is 0 Å². The highest BCUT2D eigenvalue weighted by Gasteiger charge is 2.16. The molecular weight excluding hydrogens is 217 g/mol. The largest absolute Gasteiger partial charge is 0.382 e. The fourth-order valence-electron chi connectivity index (χ4n) is 1.41. The zero-order valence-electron chi connectivity index (χ0n) is 7.74. The van der Waals surface area contributed by atoms with E-state index in [1.165, 1.54) is 12.1 Å². The Kier molecular flexibility index (Phi) is 2.75. The third-order valence-corrected chi connectivity index (χ3v) is 2.48. The van der Waals surface area contributed by atoms with Crippen molar-refractivity contribution in [2.24, 2.45) is 0 Å². The molecule has 0 aliphatic rings. The standard InChI is InChI=1S/C11H9ClFNO/c12-8-4-1-3-7(10(8)13)11(15)9-5-2-6-14-9/h1-6,11,14-15H. The second kappa shape index (κ2) is 4.04. The Morgan fingerprint density at radius 2 is 2.07 bits per heavy atom. The first-order valence-electron chi connectivity index (χ1n) is 4.45. The number of halogens is 2. The Bertz CT molecular complexity index is 456. The molecule has 0 bridgehead atoms. The van der Waals surface area contributed by atoms with E-state index in [1.807, 2.05) is 0 Å². The van der Waals surface area contributed by atoms with Crippen LogP contribution in [0, 0.1) is 5.82 Å². The summed E-state index contributed by atoms with van der Waals surface area (Å²) >= 11 is 5.62. The van der Waals surface area contributed by atoms with Crippen LogP contribution in [0.15, 0.2) is 36.5 Å². The van der Waals surface area contributed by atoms with Crippen LogP contribution in [-0.2, 0) is 0 Å². The van der Waals surface area contributed by atoms with Crippen molar-refractivity contribution in [1.29, 1.82) is 0 Å². The number of aromatic amines is 1. The molecule has 78 valence electrons. The number of aromatic nitrogens is 1. The Morgan fingerprint density at radius 1 is 1.27 bits per heavy atom. The number of aliphatic hydroxyl groups excluding tert-OH is 1. The maximum atomic E-state index is 13.5. The van der Waals surface area contributed by atoms with E-state index < -0.39 is 11.9 Å². The molecule has 0 saturated heterocycles. The molecule has 15 heavy (non-hydrogen) atoms. The molecule has 2 aromatic rings. The van der Waals surface area contributed by atoms with Crippen molar-refractivity contribution in [2.75, 3.05) is 0 Å². The molecule has 2 N–H and O–H groups in total. The molecule has 0 amide bonds. The van der Waals surface area contributed by atoms with Crippen molar-refractivity contribution in [3.8, 4) is 0 Å². The topological polar surface area (TPSA) is 36.0 Å². The van der Waals surface area contributed by atoms with Gasteiger partial charge in [-0.2, -0.15) is 0 Å². The van der Waals surface area contributed by atoms with Gasteiger partial charge in [0.25, 0.3) is 0 Å². The number of hydrogen-bond acceptors (Lipinski definition) is 1. The first-order chi connectivity index (χ1) is 7.20. The van der Waals surface area contributed by atoms with Gasteiger partial charge in [0.2, 0.25) is 0 Å². The number of hydrogen-bond donors (Lipinski definition) is 2. The fourth-order valence-corrected chi connectivity index (χ4v) is 1.60. The highest BCUT2D eigenvalue weighted by molar-refractivity contribution is 6.30. The van der Waals surface area contributed by atoms with Gasteiger partial charge in [0.15, 0.2) is 0 Å². The molecular formula is C11H9ClFNO. The fraction of sp³-hybridized carbons (Fsp3) is 0.0909. The van der Waals surface area contributed by atoms with Gasteiger partial charge < -0.3 is 10.1 Å². The van der Waals surface area contributed by atoms with Crippen molar-refractivity contribution in [3.05, 3.63) is 58.6 Å². The smallest absolute Gasteiger partial charge is 0.147 e. The summed E-state index contributed by atoms with van der Waals surface area (Å²) in [5, 5.41) is 9.87. The third-order valence-electron chi connectivity index (χ3n) is 2.19. The van der Waals surface area contributed by atoms with Crippen LogP contribution in [0.25, 0.3) is 0 Å². The van der Waals surface area contributed by atoms with Gasteiger partial charge in [-0.3, -0.25) is 0 Å². The van der Waals surface area contributed by atoms with Crippen LogP contribution >= 0.6 is 11.6 Å². The molecule has 1 heterocycles. The van der Waals surface area contributed by atoms with Crippen molar-refractivity contribution in [3.63, 3.8) is 0 Å². The van der Waals surface area contributed by atoms with Gasteiger partial charge in [-0.05, 0) is 18.2 Å². The second-order valence-corrected chi connectivity index (χ2v) is 3.58. The Hall–Kier alpha value is -1.32. The van der Waals surface area contributed by atoms with Gasteiger partial charge in [-0.1, -0.05) is 23.7 Å². The number of benzene rings is 1. The van der Waals surface area contributed by atoms with Gasteiger partial charge in [0.1, 0.15) is 11.9 Å². The van der Waals surface area contributed by atoms with Crippen LogP contribution in [0.2, 0.25) is 5.02 Å². The quantitative estimate of drug-likeness (QED) is 0.810. The molecule has 0 aliphatic carbocycles. The SMILES string of the molecule is OC(c1ccc[nH]1)c1cccc(Cl)c1F. The monoisotopic (exact) mass is 225 g/mol. The maximum absolute atomic E-state index is 13.5. The minimum atomic E-state index is -1.02. The summed E-state index contributed by atoms with van der Waals surface area (Å²) in [6.07, 6.45) is 0.653. The average Bonchev–Trinajstić information content (AvgIpc) is 2.74. The summed E-state index contributed by atoms with van der Waals surface area (Å²) < 4.78 is 13.5. The van der Waals surface area contributed by atoms with Crippen LogP contribution in [0.4, 0.5) is 4.39 Å². The predicted octanol–water partition coefficient (Wildman–Crippen LogP) is 2.89. The Balaban J connectivity index is 2.42. The highest BCUT2D eigenvalue weighted by Crippen LogP contribution is 2.26. The molecule has 0 saturated carbocycles. The summed E-state index contributed by atoms with van der Waals surface area (Å²) in [6, 6.07) is 7.98. The van der Waals surface area contributed by atoms with E-state index in [2.05, 4.69) is 4.98 Å². The number of nitrogens with one attached hydrogen (secondary N) is 1. The molecule has 2 nitrogen and oxygen atoms in total. The summed E-state index contributed by atoms with van der Waals surface area (Å²) in [7, 11) is 0.